The minimum atomic E-state index is -2.09. The fraction of sp³-hybridized carbons (Fsp3) is 0.778. The molecular formula is C18H40O2Si3. The Hall–Kier alpha value is 0.0506. The van der Waals surface area contributed by atoms with Crippen molar-refractivity contribution in [2.75, 3.05) is 0 Å². The smallest absolute Gasteiger partial charge is 0.311 e. The van der Waals surface area contributed by atoms with Crippen molar-refractivity contribution in [1.29, 1.82) is 0 Å². The van der Waals surface area contributed by atoms with Crippen LogP contribution in [-0.4, -0.2) is 25.2 Å². The molecule has 0 amide bonds. The first-order chi connectivity index (χ1) is 10.5. The number of hydrogen-bond acceptors (Lipinski definition) is 2. The van der Waals surface area contributed by atoms with Crippen LogP contribution in [0.4, 0.5) is 0 Å². The van der Waals surface area contributed by atoms with Gasteiger partial charge in [-0.1, -0.05) is 63.1 Å². The summed E-state index contributed by atoms with van der Waals surface area (Å²) in [6, 6.07) is 0. The molecule has 0 aromatic heterocycles. The first-order valence-electron chi connectivity index (χ1n) is 9.29. The van der Waals surface area contributed by atoms with Crippen LogP contribution in [0.25, 0.3) is 0 Å². The highest BCUT2D eigenvalue weighted by atomic mass is 28.5. The van der Waals surface area contributed by atoms with E-state index in [0.29, 0.717) is 0 Å². The summed E-state index contributed by atoms with van der Waals surface area (Å²) in [6.45, 7) is 18.0. The maximum Gasteiger partial charge on any atom is 0.311 e. The molecular weight excluding hydrogens is 332 g/mol. The van der Waals surface area contributed by atoms with Gasteiger partial charge in [-0.3, -0.25) is 0 Å². The van der Waals surface area contributed by atoms with Crippen molar-refractivity contribution in [1.82, 2.24) is 0 Å². The van der Waals surface area contributed by atoms with Crippen LogP contribution in [0, 0.1) is 0 Å². The lowest BCUT2D eigenvalue weighted by Crippen LogP contribution is -2.51. The zero-order valence-electron chi connectivity index (χ0n) is 16.9. The van der Waals surface area contributed by atoms with E-state index in [0.717, 1.165) is 0 Å². The standard InChI is InChI=1S/C18H40O2Si3/c1-9-11-13-15-17-21(3,4)19-23(7,8)20-22(5,6)18-16-14-12-10-2/h15-18H,9-14H2,1-8H3. The van der Waals surface area contributed by atoms with E-state index in [9.17, 15) is 0 Å². The summed E-state index contributed by atoms with van der Waals surface area (Å²) in [5.41, 5.74) is 4.68. The molecule has 0 aromatic rings. The van der Waals surface area contributed by atoms with E-state index in [4.69, 9.17) is 8.23 Å². The normalized spacial score (nSPS) is 14.3. The van der Waals surface area contributed by atoms with Crippen molar-refractivity contribution in [2.24, 2.45) is 0 Å². The van der Waals surface area contributed by atoms with Gasteiger partial charge in [-0.2, -0.15) is 0 Å². The molecule has 23 heavy (non-hydrogen) atoms. The summed E-state index contributed by atoms with van der Waals surface area (Å²) in [7, 11) is -5.65. The molecule has 0 spiro atoms. The van der Waals surface area contributed by atoms with Gasteiger partial charge in [0.1, 0.15) is 0 Å². The third kappa shape index (κ3) is 13.1. The Morgan fingerprint density at radius 2 is 1.00 bits per heavy atom. The Morgan fingerprint density at radius 3 is 1.30 bits per heavy atom. The second-order valence-electron chi connectivity index (χ2n) is 7.90. The highest BCUT2D eigenvalue weighted by Gasteiger charge is 2.37. The van der Waals surface area contributed by atoms with E-state index >= 15 is 0 Å². The number of allylic oxidation sites excluding steroid dienone is 2. The second kappa shape index (κ2) is 10.8. The van der Waals surface area contributed by atoms with Gasteiger partial charge in [0.15, 0.2) is 16.6 Å². The van der Waals surface area contributed by atoms with E-state index in [1.807, 2.05) is 0 Å². The van der Waals surface area contributed by atoms with E-state index < -0.39 is 25.2 Å². The average Bonchev–Trinajstić information content (AvgIpc) is 2.37. The molecule has 0 fully saturated rings. The predicted octanol–water partition coefficient (Wildman–Crippen LogP) is 6.70. The molecule has 0 unspecified atom stereocenters. The molecule has 0 saturated heterocycles. The lowest BCUT2D eigenvalue weighted by molar-refractivity contribution is 0.400. The Bertz CT molecular complexity index is 340. The van der Waals surface area contributed by atoms with Crippen LogP contribution < -0.4 is 0 Å². The van der Waals surface area contributed by atoms with Crippen LogP contribution in [0.15, 0.2) is 23.6 Å². The highest BCUT2D eigenvalue weighted by molar-refractivity contribution is 6.90. The van der Waals surface area contributed by atoms with Crippen LogP contribution in [0.5, 0.6) is 0 Å². The quantitative estimate of drug-likeness (QED) is 0.280. The first-order valence-corrected chi connectivity index (χ1v) is 18.1. The molecule has 5 heteroatoms. The zero-order valence-corrected chi connectivity index (χ0v) is 19.9. The fourth-order valence-electron chi connectivity index (χ4n) is 2.73. The van der Waals surface area contributed by atoms with E-state index in [-0.39, 0.29) is 0 Å². The average molecular weight is 373 g/mol. The van der Waals surface area contributed by atoms with Gasteiger partial charge in [0.2, 0.25) is 0 Å². The molecule has 0 aliphatic rings. The minimum Gasteiger partial charge on any atom is -0.433 e. The van der Waals surface area contributed by atoms with Crippen LogP contribution in [0.1, 0.15) is 52.4 Å². The summed E-state index contributed by atoms with van der Waals surface area (Å²) >= 11 is 0. The maximum atomic E-state index is 6.54. The summed E-state index contributed by atoms with van der Waals surface area (Å²) in [5, 5.41) is 0. The van der Waals surface area contributed by atoms with Crippen molar-refractivity contribution in [3.63, 3.8) is 0 Å². The SMILES string of the molecule is CCCCC=C[Si](C)(C)O[Si](C)(C)O[Si](C)(C)C=CCCCC. The molecule has 0 heterocycles. The highest BCUT2D eigenvalue weighted by Crippen LogP contribution is 2.22. The third-order valence-corrected chi connectivity index (χ3v) is 13.7. The Labute approximate surface area is 148 Å². The largest absolute Gasteiger partial charge is 0.433 e. The molecule has 0 N–H and O–H groups in total. The first kappa shape index (κ1) is 23.1. The van der Waals surface area contributed by atoms with Crippen LogP contribution >= 0.6 is 0 Å². The van der Waals surface area contributed by atoms with Gasteiger partial charge in [-0.15, -0.1) is 0 Å². The molecule has 2 nitrogen and oxygen atoms in total. The van der Waals surface area contributed by atoms with Gasteiger partial charge in [0.25, 0.3) is 0 Å². The van der Waals surface area contributed by atoms with Crippen LogP contribution in [-0.2, 0) is 8.23 Å². The van der Waals surface area contributed by atoms with Gasteiger partial charge >= 0.3 is 8.56 Å². The number of unbranched alkanes of at least 4 members (excludes halogenated alkanes) is 4. The van der Waals surface area contributed by atoms with Crippen LogP contribution in [0.2, 0.25) is 39.3 Å². The monoisotopic (exact) mass is 372 g/mol. The number of rotatable bonds is 12. The zero-order chi connectivity index (χ0) is 18.0. The van der Waals surface area contributed by atoms with Gasteiger partial charge < -0.3 is 8.23 Å². The lowest BCUT2D eigenvalue weighted by Gasteiger charge is -2.36. The van der Waals surface area contributed by atoms with Gasteiger partial charge in [0.05, 0.1) is 0 Å². The van der Waals surface area contributed by atoms with Gasteiger partial charge in [-0.25, -0.2) is 0 Å². The molecule has 0 radical (unpaired) electrons. The van der Waals surface area contributed by atoms with Gasteiger partial charge in [0, 0.05) is 0 Å². The van der Waals surface area contributed by atoms with Crippen molar-refractivity contribution in [3.8, 4) is 0 Å². The van der Waals surface area contributed by atoms with E-state index in [1.54, 1.807) is 0 Å². The van der Waals surface area contributed by atoms with Gasteiger partial charge in [-0.05, 0) is 52.1 Å². The molecule has 0 aliphatic carbocycles. The van der Waals surface area contributed by atoms with Crippen molar-refractivity contribution in [2.45, 2.75) is 91.7 Å². The summed E-state index contributed by atoms with van der Waals surface area (Å²) < 4.78 is 13.1. The fourth-order valence-corrected chi connectivity index (χ4v) is 15.4. The second-order valence-corrected chi connectivity index (χ2v) is 19.4. The molecule has 0 bridgehead atoms. The molecule has 0 rings (SSSR count). The lowest BCUT2D eigenvalue weighted by atomic mass is 10.2. The van der Waals surface area contributed by atoms with E-state index in [2.05, 4.69) is 76.7 Å². The molecule has 0 aliphatic heterocycles. The summed E-state index contributed by atoms with van der Waals surface area (Å²) in [4.78, 5) is 0. The molecule has 136 valence electrons. The summed E-state index contributed by atoms with van der Waals surface area (Å²) in [5.74, 6) is 0. The van der Waals surface area contributed by atoms with Crippen molar-refractivity contribution >= 4 is 25.2 Å². The van der Waals surface area contributed by atoms with Crippen molar-refractivity contribution in [3.05, 3.63) is 23.6 Å². The Morgan fingerprint density at radius 1 is 0.652 bits per heavy atom. The maximum absolute atomic E-state index is 6.54. The Kier molecular flexibility index (Phi) is 10.8. The Balaban J connectivity index is 4.59. The molecule has 0 aromatic carbocycles. The van der Waals surface area contributed by atoms with Crippen molar-refractivity contribution < 1.29 is 8.23 Å². The third-order valence-electron chi connectivity index (χ3n) is 3.50. The molecule has 0 atom stereocenters. The topological polar surface area (TPSA) is 18.5 Å². The molecule has 0 saturated carbocycles. The predicted molar refractivity (Wildman–Crippen MR) is 112 cm³/mol. The minimum absolute atomic E-state index is 1.17. The number of hydrogen-bond donors (Lipinski definition) is 0. The van der Waals surface area contributed by atoms with E-state index in [1.165, 1.54) is 38.5 Å². The summed E-state index contributed by atoms with van der Waals surface area (Å²) in [6.07, 6.45) is 12.0. The van der Waals surface area contributed by atoms with Crippen LogP contribution in [0.3, 0.4) is 0 Å².